The molecule has 162 valence electrons. The van der Waals surface area contributed by atoms with Crippen molar-refractivity contribution < 1.29 is 0 Å². The van der Waals surface area contributed by atoms with E-state index >= 15 is 0 Å². The Bertz CT molecular complexity index is 1120. The van der Waals surface area contributed by atoms with E-state index in [9.17, 15) is 0 Å². The quantitative estimate of drug-likeness (QED) is 0.320. The van der Waals surface area contributed by atoms with E-state index in [1.807, 2.05) is 0 Å². The monoisotopic (exact) mass is 419 g/mol. The van der Waals surface area contributed by atoms with Gasteiger partial charge in [0.05, 0.1) is 0 Å². The Morgan fingerprint density at radius 2 is 1.41 bits per heavy atom. The summed E-state index contributed by atoms with van der Waals surface area (Å²) in [6.45, 7) is 1.99. The van der Waals surface area contributed by atoms with Crippen molar-refractivity contribution in [2.45, 2.75) is 44.6 Å². The van der Waals surface area contributed by atoms with E-state index in [-0.39, 0.29) is 0 Å². The van der Waals surface area contributed by atoms with Gasteiger partial charge in [0.2, 0.25) is 0 Å². The van der Waals surface area contributed by atoms with Gasteiger partial charge in [-0.3, -0.25) is 0 Å². The van der Waals surface area contributed by atoms with Crippen molar-refractivity contribution in [3.05, 3.63) is 108 Å². The number of nitrogens with one attached hydrogen (secondary N) is 1. The van der Waals surface area contributed by atoms with Crippen molar-refractivity contribution in [3.63, 3.8) is 0 Å². The SMILES string of the molecule is c1ccc(CNCC(c2ccc(-c3cccc4ccccc34)cc2)C2CCCCC2)cc1. The zero-order valence-electron chi connectivity index (χ0n) is 18.8. The van der Waals surface area contributed by atoms with E-state index in [0.717, 1.165) is 19.0 Å². The number of benzene rings is 4. The summed E-state index contributed by atoms with van der Waals surface area (Å²) in [6, 6.07) is 35.5. The van der Waals surface area contributed by atoms with Crippen LogP contribution in [-0.4, -0.2) is 6.54 Å². The van der Waals surface area contributed by atoms with Gasteiger partial charge in [-0.1, -0.05) is 116 Å². The molecule has 0 aromatic heterocycles. The molecule has 4 aromatic carbocycles. The summed E-state index contributed by atoms with van der Waals surface area (Å²) in [5.41, 5.74) is 5.49. The highest BCUT2D eigenvalue weighted by molar-refractivity contribution is 5.96. The molecule has 0 aliphatic heterocycles. The summed E-state index contributed by atoms with van der Waals surface area (Å²) < 4.78 is 0. The summed E-state index contributed by atoms with van der Waals surface area (Å²) in [7, 11) is 0. The Balaban J connectivity index is 1.37. The van der Waals surface area contributed by atoms with Gasteiger partial charge in [-0.2, -0.15) is 0 Å². The lowest BCUT2D eigenvalue weighted by molar-refractivity contribution is 0.296. The molecule has 1 fully saturated rings. The second-order valence-corrected chi connectivity index (χ2v) is 9.27. The van der Waals surface area contributed by atoms with Gasteiger partial charge < -0.3 is 5.32 Å². The first-order chi connectivity index (χ1) is 15.9. The Morgan fingerprint density at radius 3 is 2.22 bits per heavy atom. The van der Waals surface area contributed by atoms with Crippen LogP contribution in [0.25, 0.3) is 21.9 Å². The number of rotatable bonds is 7. The lowest BCUT2D eigenvalue weighted by atomic mass is 9.76. The Hall–Kier alpha value is -2.90. The molecule has 0 radical (unpaired) electrons. The van der Waals surface area contributed by atoms with Crippen LogP contribution in [0.2, 0.25) is 0 Å². The number of hydrogen-bond acceptors (Lipinski definition) is 1. The van der Waals surface area contributed by atoms with E-state index < -0.39 is 0 Å². The molecule has 4 aromatic rings. The molecule has 1 saturated carbocycles. The van der Waals surface area contributed by atoms with E-state index in [4.69, 9.17) is 0 Å². The number of fused-ring (bicyclic) bond motifs is 1. The van der Waals surface area contributed by atoms with Crippen LogP contribution in [0.4, 0.5) is 0 Å². The van der Waals surface area contributed by atoms with Crippen LogP contribution in [0.15, 0.2) is 97.1 Å². The van der Waals surface area contributed by atoms with Crippen LogP contribution in [-0.2, 0) is 6.54 Å². The van der Waals surface area contributed by atoms with E-state index in [0.29, 0.717) is 5.92 Å². The van der Waals surface area contributed by atoms with Crippen LogP contribution in [0.5, 0.6) is 0 Å². The molecule has 1 atom stereocenters. The topological polar surface area (TPSA) is 12.0 Å². The second-order valence-electron chi connectivity index (χ2n) is 9.27. The van der Waals surface area contributed by atoms with Gasteiger partial charge >= 0.3 is 0 Å². The first-order valence-electron chi connectivity index (χ1n) is 12.2. The summed E-state index contributed by atoms with van der Waals surface area (Å²) in [5, 5.41) is 6.40. The van der Waals surface area contributed by atoms with Crippen LogP contribution >= 0.6 is 0 Å². The number of hydrogen-bond donors (Lipinski definition) is 1. The first kappa shape index (κ1) is 21.0. The average Bonchev–Trinajstić information content (AvgIpc) is 2.88. The van der Waals surface area contributed by atoms with Crippen LogP contribution in [0.3, 0.4) is 0 Å². The fourth-order valence-corrected chi connectivity index (χ4v) is 5.45. The van der Waals surface area contributed by atoms with Gasteiger partial charge in [0, 0.05) is 13.1 Å². The van der Waals surface area contributed by atoms with Gasteiger partial charge in [0.1, 0.15) is 0 Å². The van der Waals surface area contributed by atoms with Crippen LogP contribution in [0, 0.1) is 5.92 Å². The molecule has 0 bridgehead atoms. The predicted octanol–water partition coefficient (Wildman–Crippen LogP) is 7.96. The van der Waals surface area contributed by atoms with E-state index in [1.165, 1.54) is 65.1 Å². The molecule has 32 heavy (non-hydrogen) atoms. The van der Waals surface area contributed by atoms with E-state index in [2.05, 4.69) is 102 Å². The maximum atomic E-state index is 3.77. The van der Waals surface area contributed by atoms with Gasteiger partial charge in [0.15, 0.2) is 0 Å². The summed E-state index contributed by atoms with van der Waals surface area (Å²) in [4.78, 5) is 0. The van der Waals surface area contributed by atoms with Crippen LogP contribution < -0.4 is 5.32 Å². The summed E-state index contributed by atoms with van der Waals surface area (Å²) in [6.07, 6.45) is 6.90. The predicted molar refractivity (Wildman–Crippen MR) is 137 cm³/mol. The molecule has 0 spiro atoms. The smallest absolute Gasteiger partial charge is 0.0205 e. The Labute approximate surface area is 192 Å². The van der Waals surface area contributed by atoms with Crippen molar-refractivity contribution in [1.82, 2.24) is 5.32 Å². The van der Waals surface area contributed by atoms with Crippen molar-refractivity contribution >= 4 is 10.8 Å². The third-order valence-electron chi connectivity index (χ3n) is 7.19. The van der Waals surface area contributed by atoms with Crippen molar-refractivity contribution in [2.75, 3.05) is 6.54 Å². The molecular weight excluding hydrogens is 386 g/mol. The standard InChI is InChI=1S/C31H33N/c1-3-10-24(11-4-1)22-32-23-31(26-12-5-2-6-13-26)28-20-18-27(19-21-28)30-17-9-15-25-14-7-8-16-29(25)30/h1,3-4,7-11,14-21,26,31-32H,2,5-6,12-13,22-23H2. The van der Waals surface area contributed by atoms with Crippen LogP contribution in [0.1, 0.15) is 49.1 Å². The van der Waals surface area contributed by atoms with Crippen molar-refractivity contribution in [1.29, 1.82) is 0 Å². The van der Waals surface area contributed by atoms with Gasteiger partial charge in [-0.05, 0) is 57.7 Å². The Kier molecular flexibility index (Phi) is 6.65. The largest absolute Gasteiger partial charge is 0.312 e. The van der Waals surface area contributed by atoms with Gasteiger partial charge in [-0.25, -0.2) is 0 Å². The summed E-state index contributed by atoms with van der Waals surface area (Å²) >= 11 is 0. The Morgan fingerprint density at radius 1 is 0.688 bits per heavy atom. The third kappa shape index (κ3) is 4.79. The zero-order chi connectivity index (χ0) is 21.6. The molecular formula is C31H33N. The lowest BCUT2D eigenvalue weighted by Gasteiger charge is -2.31. The van der Waals surface area contributed by atoms with E-state index in [1.54, 1.807) is 0 Å². The minimum atomic E-state index is 0.584. The fourth-order valence-electron chi connectivity index (χ4n) is 5.45. The highest BCUT2D eigenvalue weighted by Gasteiger charge is 2.25. The minimum absolute atomic E-state index is 0.584. The highest BCUT2D eigenvalue weighted by atomic mass is 14.9. The fraction of sp³-hybridized carbons (Fsp3) is 0.290. The molecule has 1 heteroatoms. The summed E-state index contributed by atoms with van der Waals surface area (Å²) in [5.74, 6) is 1.37. The molecule has 1 N–H and O–H groups in total. The van der Waals surface area contributed by atoms with Gasteiger partial charge in [0.25, 0.3) is 0 Å². The second kappa shape index (κ2) is 10.1. The maximum absolute atomic E-state index is 3.77. The third-order valence-corrected chi connectivity index (χ3v) is 7.19. The molecule has 0 amide bonds. The lowest BCUT2D eigenvalue weighted by Crippen LogP contribution is -2.27. The molecule has 1 aliphatic rings. The zero-order valence-corrected chi connectivity index (χ0v) is 18.8. The minimum Gasteiger partial charge on any atom is -0.312 e. The molecule has 1 unspecified atom stereocenters. The van der Waals surface area contributed by atoms with Gasteiger partial charge in [-0.15, -0.1) is 0 Å². The van der Waals surface area contributed by atoms with Crippen molar-refractivity contribution in [2.24, 2.45) is 5.92 Å². The average molecular weight is 420 g/mol. The molecule has 0 saturated heterocycles. The molecule has 0 heterocycles. The molecule has 1 aliphatic carbocycles. The normalized spacial score (nSPS) is 15.6. The maximum Gasteiger partial charge on any atom is 0.0205 e. The first-order valence-corrected chi connectivity index (χ1v) is 12.2. The molecule has 5 rings (SSSR count). The van der Waals surface area contributed by atoms with Crippen molar-refractivity contribution in [3.8, 4) is 11.1 Å². The molecule has 1 nitrogen and oxygen atoms in total. The highest BCUT2D eigenvalue weighted by Crippen LogP contribution is 2.37.